The maximum Gasteiger partial charge on any atom is 0.425 e. The summed E-state index contributed by atoms with van der Waals surface area (Å²) in [5.74, 6) is -1.37. The molecule has 7 nitrogen and oxygen atoms in total. The molecule has 3 aromatic rings. The van der Waals surface area contributed by atoms with Gasteiger partial charge in [0, 0.05) is 11.1 Å². The number of rotatable bonds is 7. The van der Waals surface area contributed by atoms with E-state index in [0.29, 0.717) is 5.69 Å². The minimum absolute atomic E-state index is 0.0174. The molecule has 0 bridgehead atoms. The Morgan fingerprint density at radius 2 is 1.83 bits per heavy atom. The fraction of sp³-hybridized carbons (Fsp3) is 0.364. The summed E-state index contributed by atoms with van der Waals surface area (Å²) < 4.78 is 60.1. The molecule has 1 unspecified atom stereocenters. The molecule has 0 fully saturated rings. The molecule has 2 atom stereocenters. The van der Waals surface area contributed by atoms with Gasteiger partial charge in [-0.25, -0.2) is 9.37 Å². The number of aromatic nitrogens is 3. The Kier molecular flexibility index (Phi) is 7.56. The Labute approximate surface area is 208 Å². The minimum Gasteiger partial charge on any atom is -0.481 e. The van der Waals surface area contributed by atoms with Crippen LogP contribution in [0.3, 0.4) is 0 Å². The first-order valence-electron chi connectivity index (χ1n) is 10.2. The first-order valence-corrected chi connectivity index (χ1v) is 11.0. The third-order valence-corrected chi connectivity index (χ3v) is 5.62. The second kappa shape index (κ2) is 9.81. The summed E-state index contributed by atoms with van der Waals surface area (Å²) in [4.78, 5) is 4.19. The average Bonchev–Trinajstić information content (AvgIpc) is 3.05. The van der Waals surface area contributed by atoms with Gasteiger partial charge in [0.15, 0.2) is 17.5 Å². The fourth-order valence-corrected chi connectivity index (χ4v) is 3.72. The smallest absolute Gasteiger partial charge is 0.425 e. The van der Waals surface area contributed by atoms with Crippen LogP contribution in [0.2, 0.25) is 10.2 Å². The minimum atomic E-state index is -4.73. The first kappa shape index (κ1) is 27.0. The number of aliphatic hydroxyl groups excluding tert-OH is 1. The molecule has 3 rings (SSSR count). The van der Waals surface area contributed by atoms with Gasteiger partial charge < -0.3 is 20.3 Å². The topological polar surface area (TPSA) is 103 Å². The molecule has 35 heavy (non-hydrogen) atoms. The highest BCUT2D eigenvalue weighted by Crippen LogP contribution is 2.38. The summed E-state index contributed by atoms with van der Waals surface area (Å²) in [6.07, 6.45) is -8.73. The second-order valence-corrected chi connectivity index (χ2v) is 9.08. The predicted octanol–water partition coefficient (Wildman–Crippen LogP) is 5.89. The Morgan fingerprint density at radius 1 is 1.17 bits per heavy atom. The van der Waals surface area contributed by atoms with Crippen molar-refractivity contribution in [2.24, 2.45) is 0 Å². The normalized spacial score (nSPS) is 14.1. The van der Waals surface area contributed by atoms with Crippen LogP contribution in [0.1, 0.15) is 44.0 Å². The van der Waals surface area contributed by atoms with Crippen LogP contribution in [0, 0.1) is 12.7 Å². The number of benzene rings is 1. The molecule has 4 N–H and O–H groups in total. The van der Waals surface area contributed by atoms with Gasteiger partial charge in [-0.1, -0.05) is 23.2 Å². The first-order chi connectivity index (χ1) is 16.1. The van der Waals surface area contributed by atoms with Gasteiger partial charge in [-0.15, -0.1) is 0 Å². The van der Waals surface area contributed by atoms with Crippen molar-refractivity contribution in [1.82, 2.24) is 15.2 Å². The molecule has 190 valence electrons. The highest BCUT2D eigenvalue weighted by Gasteiger charge is 2.39. The maximum atomic E-state index is 15.2. The largest absolute Gasteiger partial charge is 0.481 e. The van der Waals surface area contributed by atoms with Crippen molar-refractivity contribution in [1.29, 1.82) is 0 Å². The Bertz CT molecular complexity index is 1210. The summed E-state index contributed by atoms with van der Waals surface area (Å²) in [5.41, 5.74) is -1.40. The van der Waals surface area contributed by atoms with Gasteiger partial charge in [0.25, 0.3) is 0 Å². The van der Waals surface area contributed by atoms with E-state index in [1.165, 1.54) is 26.0 Å². The van der Waals surface area contributed by atoms with E-state index in [-0.39, 0.29) is 38.4 Å². The SMILES string of the molecule is Cc1[nH]nc(Cl)c1NC(O)c1cc(F)c(-c2ccc(Cl)c(C(C)(C)O)n2)cc1O[C@@H](C)C(F)(F)F. The van der Waals surface area contributed by atoms with Crippen LogP contribution in [0.5, 0.6) is 5.75 Å². The lowest BCUT2D eigenvalue weighted by molar-refractivity contribution is -0.189. The number of hydrogen-bond acceptors (Lipinski definition) is 6. The Morgan fingerprint density at radius 3 is 2.37 bits per heavy atom. The zero-order valence-corrected chi connectivity index (χ0v) is 20.4. The molecule has 0 radical (unpaired) electrons. The molecule has 13 heteroatoms. The summed E-state index contributed by atoms with van der Waals surface area (Å²) >= 11 is 12.0. The average molecular weight is 537 g/mol. The van der Waals surface area contributed by atoms with Crippen molar-refractivity contribution in [2.45, 2.75) is 51.8 Å². The summed E-state index contributed by atoms with van der Waals surface area (Å²) in [7, 11) is 0. The number of nitrogens with zero attached hydrogens (tertiary/aromatic N) is 2. The van der Waals surface area contributed by atoms with Crippen LogP contribution >= 0.6 is 23.2 Å². The number of aryl methyl sites for hydroxylation is 1. The highest BCUT2D eigenvalue weighted by molar-refractivity contribution is 6.32. The zero-order chi connectivity index (χ0) is 26.3. The molecule has 0 aliphatic rings. The standard InChI is InChI=1S/C22H22Cl2F4N4O3/c1-9-17(19(24)32-31-9)30-20(33)12-7-14(25)11(8-16(12)35-10(2)22(26,27)28)15-6-5-13(23)18(29-15)21(3,4)34/h5-8,10,20,30,33-34H,1-4H3,(H,31,32)/t10-,20?/m0/s1. The van der Waals surface area contributed by atoms with E-state index in [1.54, 1.807) is 6.92 Å². The molecule has 0 spiro atoms. The molecular weight excluding hydrogens is 515 g/mol. The van der Waals surface area contributed by atoms with E-state index in [0.717, 1.165) is 19.1 Å². The van der Waals surface area contributed by atoms with Gasteiger partial charge in [0.1, 0.15) is 17.2 Å². The van der Waals surface area contributed by atoms with Crippen molar-refractivity contribution in [3.63, 3.8) is 0 Å². The van der Waals surface area contributed by atoms with Crippen LogP contribution in [-0.2, 0) is 5.60 Å². The number of hydrogen-bond donors (Lipinski definition) is 4. The number of nitrogens with one attached hydrogen (secondary N) is 2. The molecule has 0 aliphatic heterocycles. The van der Waals surface area contributed by atoms with Gasteiger partial charge in [-0.3, -0.25) is 5.10 Å². The van der Waals surface area contributed by atoms with Crippen LogP contribution in [-0.4, -0.2) is 37.7 Å². The number of pyridine rings is 1. The fourth-order valence-electron chi connectivity index (χ4n) is 3.14. The number of H-pyrrole nitrogens is 1. The van der Waals surface area contributed by atoms with E-state index >= 15 is 4.39 Å². The van der Waals surface area contributed by atoms with Crippen LogP contribution in [0.4, 0.5) is 23.2 Å². The molecular formula is C22H22Cl2F4N4O3. The number of aromatic amines is 1. The lowest BCUT2D eigenvalue weighted by atomic mass is 10.0. The number of halogens is 6. The van der Waals surface area contributed by atoms with Crippen molar-refractivity contribution in [3.05, 3.63) is 57.2 Å². The lowest BCUT2D eigenvalue weighted by Gasteiger charge is -2.24. The third kappa shape index (κ3) is 5.97. The van der Waals surface area contributed by atoms with Crippen molar-refractivity contribution < 1.29 is 32.5 Å². The van der Waals surface area contributed by atoms with Crippen LogP contribution in [0.15, 0.2) is 24.3 Å². The number of alkyl halides is 3. The van der Waals surface area contributed by atoms with Crippen molar-refractivity contribution in [3.8, 4) is 17.0 Å². The van der Waals surface area contributed by atoms with Crippen molar-refractivity contribution in [2.75, 3.05) is 5.32 Å². The summed E-state index contributed by atoms with van der Waals surface area (Å²) in [5, 5.41) is 30.0. The van der Waals surface area contributed by atoms with Crippen molar-refractivity contribution >= 4 is 28.9 Å². The van der Waals surface area contributed by atoms with Crippen LogP contribution in [0.25, 0.3) is 11.3 Å². The van der Waals surface area contributed by atoms with E-state index in [1.807, 2.05) is 0 Å². The molecule has 2 aromatic heterocycles. The van der Waals surface area contributed by atoms with E-state index in [9.17, 15) is 23.4 Å². The Balaban J connectivity index is 2.13. The summed E-state index contributed by atoms with van der Waals surface area (Å²) in [6.45, 7) is 5.22. The van der Waals surface area contributed by atoms with E-state index in [4.69, 9.17) is 27.9 Å². The number of anilines is 1. The predicted molar refractivity (Wildman–Crippen MR) is 123 cm³/mol. The monoisotopic (exact) mass is 536 g/mol. The van der Waals surface area contributed by atoms with E-state index < -0.39 is 35.7 Å². The molecule has 0 saturated heterocycles. The molecule has 0 saturated carbocycles. The molecule has 1 aromatic carbocycles. The van der Waals surface area contributed by atoms with Gasteiger partial charge in [-0.2, -0.15) is 18.3 Å². The van der Waals surface area contributed by atoms with E-state index in [2.05, 4.69) is 20.5 Å². The highest BCUT2D eigenvalue weighted by atomic mass is 35.5. The van der Waals surface area contributed by atoms with Gasteiger partial charge >= 0.3 is 6.18 Å². The zero-order valence-electron chi connectivity index (χ0n) is 18.9. The number of aliphatic hydroxyl groups is 2. The quantitative estimate of drug-likeness (QED) is 0.222. The number of ether oxygens (including phenoxy) is 1. The summed E-state index contributed by atoms with van der Waals surface area (Å²) in [6, 6.07) is 4.54. The molecule has 0 amide bonds. The third-order valence-electron chi connectivity index (χ3n) is 5.04. The van der Waals surface area contributed by atoms with Gasteiger partial charge in [0.2, 0.25) is 0 Å². The molecule has 0 aliphatic carbocycles. The van der Waals surface area contributed by atoms with Crippen LogP contribution < -0.4 is 10.1 Å². The maximum absolute atomic E-state index is 15.2. The lowest BCUT2D eigenvalue weighted by Crippen LogP contribution is -2.31. The second-order valence-electron chi connectivity index (χ2n) is 8.32. The molecule has 2 heterocycles. The van der Waals surface area contributed by atoms with Gasteiger partial charge in [0.05, 0.1) is 27.8 Å². The van der Waals surface area contributed by atoms with Gasteiger partial charge in [-0.05, 0) is 52.0 Å². The Hall–Kier alpha value is -2.60.